The molecule has 0 saturated carbocycles. The molecule has 1 aromatic heterocycles. The van der Waals surface area contributed by atoms with Crippen LogP contribution in [-0.4, -0.2) is 91.6 Å². The lowest BCUT2D eigenvalue weighted by Gasteiger charge is -2.30. The Morgan fingerprint density at radius 3 is 2.19 bits per heavy atom. The van der Waals surface area contributed by atoms with Gasteiger partial charge in [-0.15, -0.1) is 5.10 Å². The topological polar surface area (TPSA) is 132 Å². The summed E-state index contributed by atoms with van der Waals surface area (Å²) in [6.45, 7) is 12.0. The summed E-state index contributed by atoms with van der Waals surface area (Å²) < 4.78 is 19.3. The number of hydrogen-bond acceptors (Lipinski definition) is 9. The van der Waals surface area contributed by atoms with E-state index in [4.69, 9.17) is 14.2 Å². The summed E-state index contributed by atoms with van der Waals surface area (Å²) in [7, 11) is 3.89. The number of nitrogens with zero attached hydrogens (tertiary/aromatic N) is 4. The van der Waals surface area contributed by atoms with Crippen LogP contribution in [0.4, 0.5) is 5.69 Å². The van der Waals surface area contributed by atoms with Crippen molar-refractivity contribution in [2.75, 3.05) is 58.6 Å². The van der Waals surface area contributed by atoms with E-state index >= 15 is 0 Å². The van der Waals surface area contributed by atoms with Crippen molar-refractivity contribution in [1.82, 2.24) is 30.9 Å². The zero-order valence-electron chi connectivity index (χ0n) is 32.7. The van der Waals surface area contributed by atoms with Gasteiger partial charge in [0.25, 0.3) is 5.91 Å². The molecule has 3 N–H and O–H groups in total. The number of nitrogens with one attached hydrogen (secondary N) is 3. The number of benzene rings is 3. The summed E-state index contributed by atoms with van der Waals surface area (Å²) in [5, 5.41) is 18.7. The first kappa shape index (κ1) is 40.6. The number of para-hydroxylation sites is 1. The molecular formula is C42H57N7O5. The molecule has 0 fully saturated rings. The van der Waals surface area contributed by atoms with Gasteiger partial charge in [0.05, 0.1) is 57.5 Å². The fourth-order valence-electron chi connectivity index (χ4n) is 6.22. The van der Waals surface area contributed by atoms with E-state index in [0.717, 1.165) is 52.4 Å². The van der Waals surface area contributed by atoms with Crippen molar-refractivity contribution >= 4 is 17.5 Å². The Bertz CT molecular complexity index is 1820. The number of rotatable bonds is 20. The third kappa shape index (κ3) is 11.0. The molecule has 1 aliphatic rings. The van der Waals surface area contributed by atoms with Gasteiger partial charge in [-0.3, -0.25) is 9.59 Å². The normalized spacial score (nSPS) is 12.7. The Morgan fingerprint density at radius 1 is 0.778 bits per heavy atom. The maximum atomic E-state index is 13.8. The van der Waals surface area contributed by atoms with Crippen LogP contribution in [0, 0.1) is 0 Å². The van der Waals surface area contributed by atoms with Crippen molar-refractivity contribution in [2.45, 2.75) is 77.5 Å². The highest BCUT2D eigenvalue weighted by molar-refractivity contribution is 6.00. The van der Waals surface area contributed by atoms with Gasteiger partial charge in [-0.2, -0.15) is 0 Å². The summed E-state index contributed by atoms with van der Waals surface area (Å²) in [6, 6.07) is 23.3. The highest BCUT2D eigenvalue weighted by Crippen LogP contribution is 2.41. The van der Waals surface area contributed by atoms with E-state index in [1.165, 1.54) is 0 Å². The maximum Gasteiger partial charge on any atom is 0.251 e. The summed E-state index contributed by atoms with van der Waals surface area (Å²) >= 11 is 0. The summed E-state index contributed by atoms with van der Waals surface area (Å²) in [4.78, 5) is 28.3. The summed E-state index contributed by atoms with van der Waals surface area (Å²) in [5.41, 5.74) is 5.87. The number of anilines is 1. The van der Waals surface area contributed by atoms with Gasteiger partial charge in [-0.05, 0) is 96.9 Å². The number of carbonyl (C=O) groups is 2. The molecule has 0 bridgehead atoms. The minimum atomic E-state index is -0.158. The largest absolute Gasteiger partial charge is 0.494 e. The molecule has 0 saturated heterocycles. The van der Waals surface area contributed by atoms with Crippen molar-refractivity contribution in [2.24, 2.45) is 0 Å². The van der Waals surface area contributed by atoms with Gasteiger partial charge >= 0.3 is 0 Å². The van der Waals surface area contributed by atoms with Crippen LogP contribution >= 0.6 is 0 Å². The standard InChI is InChI=1S/C42H57N7O5/c1-41(2,43-5)21-11-25-54-33-18-16-31(17-19-33)40(51)45-23-26-52-28-29-53-27-24-49-39-35-14-9-10-15-36(35)48(37(50)20-22-42(3,4)44-6)30-32-12-7-8-13-34(32)38(39)46-47-49/h7-10,12-19,43-44H,11,20-30H2,1-6H3,(H,45,51). The molecule has 2 amide bonds. The third-order valence-electron chi connectivity index (χ3n) is 10.1. The molecule has 1 aliphatic heterocycles. The van der Waals surface area contributed by atoms with Crippen LogP contribution in [0.5, 0.6) is 5.75 Å². The smallest absolute Gasteiger partial charge is 0.251 e. The zero-order valence-corrected chi connectivity index (χ0v) is 32.7. The number of aromatic nitrogens is 3. The molecule has 12 nitrogen and oxygen atoms in total. The van der Waals surface area contributed by atoms with E-state index < -0.39 is 0 Å². The van der Waals surface area contributed by atoms with Gasteiger partial charge in [-0.1, -0.05) is 47.7 Å². The van der Waals surface area contributed by atoms with Gasteiger partial charge in [0.2, 0.25) is 5.91 Å². The third-order valence-corrected chi connectivity index (χ3v) is 10.1. The van der Waals surface area contributed by atoms with E-state index in [2.05, 4.69) is 60.0 Å². The maximum absolute atomic E-state index is 13.8. The van der Waals surface area contributed by atoms with Gasteiger partial charge in [0.1, 0.15) is 11.4 Å². The Balaban J connectivity index is 1.09. The summed E-state index contributed by atoms with van der Waals surface area (Å²) in [6.07, 6.45) is 3.08. The highest BCUT2D eigenvalue weighted by Gasteiger charge is 2.30. The second-order valence-electron chi connectivity index (χ2n) is 14.9. The Labute approximate surface area is 319 Å². The molecule has 0 spiro atoms. The minimum absolute atomic E-state index is 0.0706. The second kappa shape index (κ2) is 19.1. The van der Waals surface area contributed by atoms with Crippen LogP contribution in [0.15, 0.2) is 72.8 Å². The molecule has 0 unspecified atom stereocenters. The number of ether oxygens (including phenoxy) is 3. The second-order valence-corrected chi connectivity index (χ2v) is 14.9. The van der Waals surface area contributed by atoms with Crippen LogP contribution in [0.2, 0.25) is 0 Å². The van der Waals surface area contributed by atoms with Gasteiger partial charge in [-0.25, -0.2) is 4.68 Å². The van der Waals surface area contributed by atoms with Crippen molar-refractivity contribution in [3.8, 4) is 28.3 Å². The molecule has 290 valence electrons. The van der Waals surface area contributed by atoms with Crippen molar-refractivity contribution in [1.29, 1.82) is 0 Å². The lowest BCUT2D eigenvalue weighted by atomic mass is 9.94. The predicted molar refractivity (Wildman–Crippen MR) is 213 cm³/mol. The number of amides is 2. The zero-order chi connectivity index (χ0) is 38.6. The predicted octanol–water partition coefficient (Wildman–Crippen LogP) is 5.86. The van der Waals surface area contributed by atoms with Crippen molar-refractivity contribution in [3.05, 3.63) is 83.9 Å². The molecule has 0 atom stereocenters. The average Bonchev–Trinajstić information content (AvgIpc) is 3.59. The quantitative estimate of drug-likeness (QED) is 0.0955. The van der Waals surface area contributed by atoms with Gasteiger partial charge in [0.15, 0.2) is 0 Å². The van der Waals surface area contributed by atoms with Crippen LogP contribution < -0.4 is 25.6 Å². The first-order chi connectivity index (χ1) is 26.0. The first-order valence-corrected chi connectivity index (χ1v) is 19.0. The van der Waals surface area contributed by atoms with Gasteiger partial charge in [0, 0.05) is 40.7 Å². The monoisotopic (exact) mass is 739 g/mol. The molecular weight excluding hydrogens is 683 g/mol. The van der Waals surface area contributed by atoms with E-state index in [-0.39, 0.29) is 22.9 Å². The number of fused-ring (bicyclic) bond motifs is 5. The minimum Gasteiger partial charge on any atom is -0.494 e. The van der Waals surface area contributed by atoms with Crippen LogP contribution in [0.25, 0.3) is 22.5 Å². The fourth-order valence-corrected chi connectivity index (χ4v) is 6.22. The Morgan fingerprint density at radius 2 is 1.44 bits per heavy atom. The van der Waals surface area contributed by atoms with Crippen LogP contribution in [-0.2, 0) is 27.4 Å². The Kier molecular flexibility index (Phi) is 14.4. The highest BCUT2D eigenvalue weighted by atomic mass is 16.5. The summed E-state index contributed by atoms with van der Waals surface area (Å²) in [5.74, 6) is 0.663. The van der Waals surface area contributed by atoms with Crippen molar-refractivity contribution in [3.63, 3.8) is 0 Å². The molecule has 2 heterocycles. The lowest BCUT2D eigenvalue weighted by Crippen LogP contribution is -2.39. The first-order valence-electron chi connectivity index (χ1n) is 19.0. The SMILES string of the molecule is CNC(C)(C)CCCOc1ccc(C(=O)NCCOCCOCCn2nnc3c2-c2ccccc2N(C(=O)CCC(C)(C)NC)Cc2ccccc2-3)cc1. The van der Waals surface area contributed by atoms with E-state index in [1.54, 1.807) is 12.1 Å². The van der Waals surface area contributed by atoms with Crippen LogP contribution in [0.1, 0.15) is 69.3 Å². The number of carbonyl (C=O) groups excluding carboxylic acids is 2. The molecule has 4 aromatic rings. The molecule has 0 radical (unpaired) electrons. The average molecular weight is 740 g/mol. The van der Waals surface area contributed by atoms with Crippen molar-refractivity contribution < 1.29 is 23.8 Å². The molecule has 5 rings (SSSR count). The number of hydrogen-bond donors (Lipinski definition) is 3. The lowest BCUT2D eigenvalue weighted by molar-refractivity contribution is -0.119. The van der Waals surface area contributed by atoms with E-state index in [1.807, 2.05) is 78.3 Å². The molecule has 0 aliphatic carbocycles. The van der Waals surface area contributed by atoms with E-state index in [0.29, 0.717) is 71.1 Å². The van der Waals surface area contributed by atoms with Gasteiger partial charge < -0.3 is 35.1 Å². The molecule has 54 heavy (non-hydrogen) atoms. The van der Waals surface area contributed by atoms with Crippen LogP contribution in [0.3, 0.4) is 0 Å². The molecule has 3 aromatic carbocycles. The molecule has 12 heteroatoms. The van der Waals surface area contributed by atoms with E-state index in [9.17, 15) is 9.59 Å². The fraction of sp³-hybridized carbons (Fsp3) is 0.476. The Hall–Kier alpha value is -4.62.